The van der Waals surface area contributed by atoms with Gasteiger partial charge in [0.15, 0.2) is 0 Å². The highest BCUT2D eigenvalue weighted by atomic mass is 32.2. The van der Waals surface area contributed by atoms with Gasteiger partial charge >= 0.3 is 0 Å². The molecule has 1 unspecified atom stereocenters. The number of rotatable bonds is 5. The molecule has 18 heavy (non-hydrogen) atoms. The van der Waals surface area contributed by atoms with E-state index in [1.165, 1.54) is 17.4 Å². The summed E-state index contributed by atoms with van der Waals surface area (Å²) in [7, 11) is -3.51. The zero-order valence-electron chi connectivity index (χ0n) is 9.66. The van der Waals surface area contributed by atoms with Crippen LogP contribution < -0.4 is 4.72 Å². The Labute approximate surface area is 114 Å². The van der Waals surface area contributed by atoms with Crippen LogP contribution in [0.3, 0.4) is 0 Å². The SMILES string of the molecule is CC(NS(=O)(=O)c1ccc(CO)s1)c1ccsc1. The molecule has 0 bridgehead atoms. The van der Waals surface area contributed by atoms with Gasteiger partial charge in [-0.2, -0.15) is 11.3 Å². The van der Waals surface area contributed by atoms with Crippen molar-refractivity contribution < 1.29 is 13.5 Å². The van der Waals surface area contributed by atoms with Gasteiger partial charge < -0.3 is 5.11 Å². The monoisotopic (exact) mass is 303 g/mol. The Kier molecular flexibility index (Phi) is 4.18. The summed E-state index contributed by atoms with van der Waals surface area (Å²) in [5.74, 6) is 0. The standard InChI is InChI=1S/C11H13NO3S3/c1-8(9-4-5-16-7-9)12-18(14,15)11-3-2-10(6-13)17-11/h2-5,7-8,12-13H,6H2,1H3. The van der Waals surface area contributed by atoms with Gasteiger partial charge in [0.1, 0.15) is 4.21 Å². The van der Waals surface area contributed by atoms with Gasteiger partial charge in [-0.25, -0.2) is 13.1 Å². The maximum absolute atomic E-state index is 12.1. The molecule has 0 saturated heterocycles. The first-order valence-electron chi connectivity index (χ1n) is 5.27. The second-order valence-corrected chi connectivity index (χ2v) is 7.67. The molecule has 0 fully saturated rings. The third-order valence-corrected chi connectivity index (χ3v) is 6.24. The van der Waals surface area contributed by atoms with Crippen molar-refractivity contribution in [1.29, 1.82) is 0 Å². The third-order valence-electron chi connectivity index (χ3n) is 2.43. The second-order valence-electron chi connectivity index (χ2n) is 3.78. The maximum atomic E-state index is 12.1. The Morgan fingerprint density at radius 3 is 2.72 bits per heavy atom. The topological polar surface area (TPSA) is 66.4 Å². The summed E-state index contributed by atoms with van der Waals surface area (Å²) in [5.41, 5.74) is 0.947. The lowest BCUT2D eigenvalue weighted by atomic mass is 10.2. The average Bonchev–Trinajstić information content (AvgIpc) is 3.00. The Hall–Kier alpha value is -0.730. The van der Waals surface area contributed by atoms with Crippen molar-refractivity contribution in [3.8, 4) is 0 Å². The fraction of sp³-hybridized carbons (Fsp3) is 0.273. The van der Waals surface area contributed by atoms with Crippen molar-refractivity contribution in [2.45, 2.75) is 23.8 Å². The molecular formula is C11H13NO3S3. The molecule has 2 rings (SSSR count). The first kappa shape index (κ1) is 13.7. The summed E-state index contributed by atoms with van der Waals surface area (Å²) in [5, 5.41) is 12.8. The Balaban J connectivity index is 2.17. The summed E-state index contributed by atoms with van der Waals surface area (Å²) in [4.78, 5) is 0.638. The number of aliphatic hydroxyl groups excluding tert-OH is 1. The molecular weight excluding hydrogens is 290 g/mol. The molecule has 2 N–H and O–H groups in total. The van der Waals surface area contributed by atoms with Gasteiger partial charge in [-0.05, 0) is 41.4 Å². The van der Waals surface area contributed by atoms with Crippen molar-refractivity contribution in [2.24, 2.45) is 0 Å². The number of hydrogen-bond donors (Lipinski definition) is 2. The van der Waals surface area contributed by atoms with Crippen molar-refractivity contribution in [1.82, 2.24) is 4.72 Å². The van der Waals surface area contributed by atoms with Crippen LogP contribution in [0.1, 0.15) is 23.4 Å². The van der Waals surface area contributed by atoms with Crippen molar-refractivity contribution in [2.75, 3.05) is 0 Å². The van der Waals surface area contributed by atoms with E-state index >= 15 is 0 Å². The van der Waals surface area contributed by atoms with E-state index in [2.05, 4.69) is 4.72 Å². The summed E-state index contributed by atoms with van der Waals surface area (Å²) in [6.45, 7) is 1.67. The molecule has 0 radical (unpaired) electrons. The largest absolute Gasteiger partial charge is 0.391 e. The third kappa shape index (κ3) is 2.99. The molecule has 1 atom stereocenters. The Morgan fingerprint density at radius 2 is 2.17 bits per heavy atom. The van der Waals surface area contributed by atoms with Crippen LogP contribution in [0, 0.1) is 0 Å². The molecule has 0 aliphatic rings. The highest BCUT2D eigenvalue weighted by Crippen LogP contribution is 2.24. The predicted molar refractivity (Wildman–Crippen MR) is 73.3 cm³/mol. The van der Waals surface area contributed by atoms with Crippen LogP contribution in [-0.4, -0.2) is 13.5 Å². The van der Waals surface area contributed by atoms with E-state index < -0.39 is 10.0 Å². The fourth-order valence-electron chi connectivity index (χ4n) is 1.47. The van der Waals surface area contributed by atoms with Gasteiger partial charge in [-0.3, -0.25) is 0 Å². The minimum absolute atomic E-state index is 0.139. The van der Waals surface area contributed by atoms with E-state index in [1.807, 2.05) is 16.8 Å². The molecule has 2 aromatic rings. The minimum atomic E-state index is -3.51. The number of thiophene rings is 2. The van der Waals surface area contributed by atoms with Gasteiger partial charge in [-0.15, -0.1) is 11.3 Å². The average molecular weight is 303 g/mol. The number of aliphatic hydroxyl groups is 1. The normalized spacial score (nSPS) is 13.7. The lowest BCUT2D eigenvalue weighted by Crippen LogP contribution is -2.25. The summed E-state index contributed by atoms with van der Waals surface area (Å²) >= 11 is 2.61. The van der Waals surface area contributed by atoms with Crippen molar-refractivity contribution in [3.05, 3.63) is 39.4 Å². The van der Waals surface area contributed by atoms with Gasteiger partial charge in [0, 0.05) is 10.9 Å². The van der Waals surface area contributed by atoms with Crippen molar-refractivity contribution >= 4 is 32.7 Å². The van der Waals surface area contributed by atoms with Crippen LogP contribution in [0.4, 0.5) is 0 Å². The molecule has 0 aromatic carbocycles. The number of hydrogen-bond acceptors (Lipinski definition) is 5. The van der Waals surface area contributed by atoms with Crippen LogP contribution in [0.2, 0.25) is 0 Å². The summed E-state index contributed by atoms with van der Waals surface area (Å²) < 4.78 is 27.0. The van der Waals surface area contributed by atoms with E-state index in [9.17, 15) is 8.42 Å². The number of sulfonamides is 1. The Bertz CT molecular complexity index is 601. The molecule has 0 spiro atoms. The molecule has 0 amide bonds. The zero-order valence-corrected chi connectivity index (χ0v) is 12.1. The first-order chi connectivity index (χ1) is 8.53. The van der Waals surface area contributed by atoms with Crippen LogP contribution in [0.5, 0.6) is 0 Å². The van der Waals surface area contributed by atoms with Gasteiger partial charge in [0.05, 0.1) is 6.61 Å². The number of nitrogens with one attached hydrogen (secondary N) is 1. The Morgan fingerprint density at radius 1 is 1.39 bits per heavy atom. The summed E-state index contributed by atoms with van der Waals surface area (Å²) in [6.07, 6.45) is 0. The lowest BCUT2D eigenvalue weighted by molar-refractivity contribution is 0.285. The van der Waals surface area contributed by atoms with E-state index in [4.69, 9.17) is 5.11 Å². The van der Waals surface area contributed by atoms with Gasteiger partial charge in [0.2, 0.25) is 0 Å². The lowest BCUT2D eigenvalue weighted by Gasteiger charge is -2.11. The minimum Gasteiger partial charge on any atom is -0.391 e. The predicted octanol–water partition coefficient (Wildman–Crippen LogP) is 2.34. The molecule has 98 valence electrons. The molecule has 7 heteroatoms. The zero-order chi connectivity index (χ0) is 13.2. The van der Waals surface area contributed by atoms with Crippen LogP contribution in [0.25, 0.3) is 0 Å². The van der Waals surface area contributed by atoms with E-state index in [0.717, 1.165) is 16.9 Å². The van der Waals surface area contributed by atoms with Crippen LogP contribution in [-0.2, 0) is 16.6 Å². The first-order valence-corrected chi connectivity index (χ1v) is 8.51. The fourth-order valence-corrected chi connectivity index (χ4v) is 4.69. The van der Waals surface area contributed by atoms with Crippen LogP contribution >= 0.6 is 22.7 Å². The molecule has 0 aliphatic carbocycles. The van der Waals surface area contributed by atoms with Crippen LogP contribution in [0.15, 0.2) is 33.2 Å². The van der Waals surface area contributed by atoms with E-state index in [-0.39, 0.29) is 16.9 Å². The van der Waals surface area contributed by atoms with E-state index in [0.29, 0.717) is 4.88 Å². The smallest absolute Gasteiger partial charge is 0.250 e. The molecule has 0 saturated carbocycles. The highest BCUT2D eigenvalue weighted by Gasteiger charge is 2.20. The van der Waals surface area contributed by atoms with Crippen molar-refractivity contribution in [3.63, 3.8) is 0 Å². The summed E-state index contributed by atoms with van der Waals surface area (Å²) in [6, 6.07) is 4.76. The van der Waals surface area contributed by atoms with E-state index in [1.54, 1.807) is 13.0 Å². The molecule has 4 nitrogen and oxygen atoms in total. The maximum Gasteiger partial charge on any atom is 0.250 e. The van der Waals surface area contributed by atoms with Gasteiger partial charge in [-0.1, -0.05) is 0 Å². The molecule has 0 aliphatic heterocycles. The highest BCUT2D eigenvalue weighted by molar-refractivity contribution is 7.91. The molecule has 2 aromatic heterocycles. The van der Waals surface area contributed by atoms with Gasteiger partial charge in [0.25, 0.3) is 10.0 Å². The quantitative estimate of drug-likeness (QED) is 0.891. The second kappa shape index (κ2) is 5.50. The molecule has 2 heterocycles.